The summed E-state index contributed by atoms with van der Waals surface area (Å²) in [6.45, 7) is 1.24. The second kappa shape index (κ2) is 7.95. The topological polar surface area (TPSA) is 67.0 Å². The first-order chi connectivity index (χ1) is 11.7. The van der Waals surface area contributed by atoms with E-state index in [2.05, 4.69) is 15.5 Å². The van der Waals surface area contributed by atoms with Gasteiger partial charge >= 0.3 is 0 Å². The molecule has 0 bridgehead atoms. The number of H-pyrrole nitrogens is 1. The zero-order chi connectivity index (χ0) is 16.8. The summed E-state index contributed by atoms with van der Waals surface area (Å²) in [4.78, 5) is 11.9. The van der Waals surface area contributed by atoms with Crippen LogP contribution in [0.2, 0.25) is 0 Å². The number of hydrogen-bond donors (Lipinski definition) is 2. The third kappa shape index (κ3) is 4.34. The van der Waals surface area contributed by atoms with Crippen LogP contribution in [0.25, 0.3) is 0 Å². The van der Waals surface area contributed by atoms with Crippen molar-refractivity contribution in [2.45, 2.75) is 25.7 Å². The molecular weight excluding hydrogens is 309 g/mol. The molecule has 5 nitrogen and oxygen atoms in total. The Labute approximate surface area is 140 Å². The van der Waals surface area contributed by atoms with Gasteiger partial charge in [0, 0.05) is 12.7 Å². The average molecular weight is 331 g/mol. The van der Waals surface area contributed by atoms with Gasteiger partial charge in [0.15, 0.2) is 11.6 Å². The number of carbonyl (C=O) groups is 1. The molecule has 1 aromatic carbocycles. The molecule has 2 N–H and O–H groups in total. The van der Waals surface area contributed by atoms with Crippen LogP contribution in [0, 0.1) is 17.7 Å². The van der Waals surface area contributed by atoms with Gasteiger partial charge in [0.1, 0.15) is 0 Å². The Bertz CT molecular complexity index is 652. The summed E-state index contributed by atoms with van der Waals surface area (Å²) in [6.07, 6.45) is 7.30. The molecule has 0 radical (unpaired) electrons. The van der Waals surface area contributed by atoms with E-state index in [-0.39, 0.29) is 11.7 Å². The van der Waals surface area contributed by atoms with Gasteiger partial charge in [-0.15, -0.1) is 0 Å². The summed E-state index contributed by atoms with van der Waals surface area (Å²) in [6, 6.07) is 6.50. The number of halogens is 1. The highest BCUT2D eigenvalue weighted by Gasteiger charge is 2.22. The molecule has 0 unspecified atom stereocenters. The maximum atomic E-state index is 13.5. The molecular formula is C18H22FN3O2. The van der Waals surface area contributed by atoms with E-state index in [4.69, 9.17) is 4.74 Å². The number of aromatic amines is 1. The fraction of sp³-hybridized carbons (Fsp3) is 0.444. The number of hydrogen-bond acceptors (Lipinski definition) is 3. The number of carbonyl (C=O) groups excluding carboxylic acids is 1. The maximum Gasteiger partial charge on any atom is 0.254 e. The maximum absolute atomic E-state index is 13.5. The number of para-hydroxylation sites is 1. The van der Waals surface area contributed by atoms with Gasteiger partial charge in [-0.2, -0.15) is 5.10 Å². The van der Waals surface area contributed by atoms with Crippen molar-refractivity contribution in [1.82, 2.24) is 15.5 Å². The van der Waals surface area contributed by atoms with E-state index < -0.39 is 0 Å². The van der Waals surface area contributed by atoms with E-state index >= 15 is 0 Å². The zero-order valence-corrected chi connectivity index (χ0v) is 13.5. The minimum Gasteiger partial charge on any atom is -0.490 e. The second-order valence-corrected chi connectivity index (χ2v) is 6.33. The first-order valence-electron chi connectivity index (χ1n) is 8.36. The van der Waals surface area contributed by atoms with E-state index in [9.17, 15) is 9.18 Å². The molecule has 0 saturated heterocycles. The van der Waals surface area contributed by atoms with E-state index in [0.29, 0.717) is 36.3 Å². The Hall–Kier alpha value is -2.37. The highest BCUT2D eigenvalue weighted by atomic mass is 19.1. The number of benzene rings is 1. The van der Waals surface area contributed by atoms with Crippen LogP contribution in [-0.2, 0) is 0 Å². The van der Waals surface area contributed by atoms with Gasteiger partial charge in [-0.3, -0.25) is 9.89 Å². The largest absolute Gasteiger partial charge is 0.490 e. The van der Waals surface area contributed by atoms with Gasteiger partial charge < -0.3 is 10.1 Å². The van der Waals surface area contributed by atoms with Crippen LogP contribution in [0.3, 0.4) is 0 Å². The van der Waals surface area contributed by atoms with E-state index in [1.54, 1.807) is 24.4 Å². The molecule has 1 heterocycles. The molecule has 1 aromatic heterocycles. The number of ether oxygens (including phenoxy) is 1. The lowest BCUT2D eigenvalue weighted by Gasteiger charge is -2.28. The Morgan fingerprint density at radius 1 is 1.25 bits per heavy atom. The van der Waals surface area contributed by atoms with Crippen molar-refractivity contribution < 1.29 is 13.9 Å². The Morgan fingerprint density at radius 3 is 2.71 bits per heavy atom. The third-order valence-electron chi connectivity index (χ3n) is 4.59. The molecule has 0 spiro atoms. The first kappa shape index (κ1) is 16.5. The van der Waals surface area contributed by atoms with Crippen LogP contribution in [0.1, 0.15) is 36.0 Å². The minimum atomic E-state index is -0.312. The summed E-state index contributed by atoms with van der Waals surface area (Å²) in [5.41, 5.74) is 0.557. The highest BCUT2D eigenvalue weighted by Crippen LogP contribution is 2.29. The van der Waals surface area contributed by atoms with Crippen molar-refractivity contribution in [1.29, 1.82) is 0 Å². The molecule has 0 aliphatic heterocycles. The summed E-state index contributed by atoms with van der Waals surface area (Å²) in [5.74, 6) is 0.866. The van der Waals surface area contributed by atoms with Gasteiger partial charge in [0.05, 0.1) is 18.4 Å². The third-order valence-corrected chi connectivity index (χ3v) is 4.59. The van der Waals surface area contributed by atoms with Gasteiger partial charge in [-0.05, 0) is 49.7 Å². The van der Waals surface area contributed by atoms with Crippen molar-refractivity contribution in [2.24, 2.45) is 11.8 Å². The van der Waals surface area contributed by atoms with Gasteiger partial charge in [0.2, 0.25) is 0 Å². The number of aromatic nitrogens is 2. The zero-order valence-electron chi connectivity index (χ0n) is 13.5. The Balaban J connectivity index is 1.37. The number of amides is 1. The van der Waals surface area contributed by atoms with E-state index in [0.717, 1.165) is 25.7 Å². The molecule has 1 amide bonds. The number of rotatable bonds is 6. The van der Waals surface area contributed by atoms with Crippen LogP contribution in [0.4, 0.5) is 4.39 Å². The predicted octanol–water partition coefficient (Wildman–Crippen LogP) is 3.16. The van der Waals surface area contributed by atoms with Crippen molar-refractivity contribution in [2.75, 3.05) is 13.2 Å². The van der Waals surface area contributed by atoms with Crippen LogP contribution in [-0.4, -0.2) is 29.3 Å². The van der Waals surface area contributed by atoms with Crippen molar-refractivity contribution in [3.8, 4) is 5.75 Å². The van der Waals surface area contributed by atoms with Crippen LogP contribution >= 0.6 is 0 Å². The molecule has 2 aromatic rings. The van der Waals surface area contributed by atoms with Crippen molar-refractivity contribution >= 4 is 5.91 Å². The standard InChI is InChI=1S/C18H22FN3O2/c19-16-3-1-2-4-17(16)24-12-14-7-5-13(6-8-14)9-20-18(23)15-10-21-22-11-15/h1-4,10-11,13-14H,5-9,12H2,(H,20,23)(H,21,22). The normalized spacial score (nSPS) is 20.5. The fourth-order valence-corrected chi connectivity index (χ4v) is 3.09. The lowest BCUT2D eigenvalue weighted by atomic mass is 9.82. The van der Waals surface area contributed by atoms with Crippen LogP contribution < -0.4 is 10.1 Å². The van der Waals surface area contributed by atoms with Crippen molar-refractivity contribution in [3.05, 3.63) is 48.0 Å². The van der Waals surface area contributed by atoms with Crippen LogP contribution in [0.15, 0.2) is 36.7 Å². The molecule has 1 aliphatic rings. The summed E-state index contributed by atoms with van der Waals surface area (Å²) >= 11 is 0. The lowest BCUT2D eigenvalue weighted by molar-refractivity contribution is 0.0938. The summed E-state index contributed by atoms with van der Waals surface area (Å²) in [5, 5.41) is 9.36. The number of nitrogens with zero attached hydrogens (tertiary/aromatic N) is 1. The summed E-state index contributed by atoms with van der Waals surface area (Å²) < 4.78 is 19.1. The van der Waals surface area contributed by atoms with Crippen molar-refractivity contribution in [3.63, 3.8) is 0 Å². The molecule has 3 rings (SSSR count). The molecule has 1 fully saturated rings. The molecule has 6 heteroatoms. The van der Waals surface area contributed by atoms with Crippen LogP contribution in [0.5, 0.6) is 5.75 Å². The van der Waals surface area contributed by atoms with Gasteiger partial charge in [-0.1, -0.05) is 12.1 Å². The Morgan fingerprint density at radius 2 is 2.00 bits per heavy atom. The molecule has 0 atom stereocenters. The fourth-order valence-electron chi connectivity index (χ4n) is 3.09. The first-order valence-corrected chi connectivity index (χ1v) is 8.36. The SMILES string of the molecule is O=C(NCC1CCC(COc2ccccc2F)CC1)c1cn[nH]c1. The lowest BCUT2D eigenvalue weighted by Crippen LogP contribution is -2.32. The number of nitrogens with one attached hydrogen (secondary N) is 2. The van der Waals surface area contributed by atoms with E-state index in [1.807, 2.05) is 0 Å². The average Bonchev–Trinajstić information content (AvgIpc) is 3.15. The quantitative estimate of drug-likeness (QED) is 0.854. The Kier molecular flexibility index (Phi) is 5.46. The smallest absolute Gasteiger partial charge is 0.254 e. The highest BCUT2D eigenvalue weighted by molar-refractivity contribution is 5.93. The molecule has 1 aliphatic carbocycles. The molecule has 1 saturated carbocycles. The predicted molar refractivity (Wildman–Crippen MR) is 88.3 cm³/mol. The van der Waals surface area contributed by atoms with E-state index in [1.165, 1.54) is 12.3 Å². The van der Waals surface area contributed by atoms with Gasteiger partial charge in [0.25, 0.3) is 5.91 Å². The molecule has 24 heavy (non-hydrogen) atoms. The monoisotopic (exact) mass is 331 g/mol. The second-order valence-electron chi connectivity index (χ2n) is 6.33. The molecule has 128 valence electrons. The summed E-state index contributed by atoms with van der Waals surface area (Å²) in [7, 11) is 0. The van der Waals surface area contributed by atoms with Gasteiger partial charge in [-0.25, -0.2) is 4.39 Å². The minimum absolute atomic E-state index is 0.0891.